The van der Waals surface area contributed by atoms with Gasteiger partial charge in [-0.2, -0.15) is 0 Å². The zero-order valence-corrected chi connectivity index (χ0v) is 11.7. The molecule has 1 aliphatic rings. The molecule has 20 heavy (non-hydrogen) atoms. The SMILES string of the molecule is CC(O)(C=O)CCc1ccc(N2CCOC(O)C2)cc1. The Hall–Kier alpha value is -1.43. The number of rotatable bonds is 5. The van der Waals surface area contributed by atoms with E-state index in [1.54, 1.807) is 0 Å². The molecular formula is C15H21NO4. The van der Waals surface area contributed by atoms with Gasteiger partial charge in [-0.05, 0) is 37.5 Å². The average Bonchev–Trinajstić information content (AvgIpc) is 2.46. The van der Waals surface area contributed by atoms with Gasteiger partial charge in [0.1, 0.15) is 5.60 Å². The minimum Gasteiger partial charge on any atom is -0.383 e. The molecule has 1 aliphatic heterocycles. The molecule has 1 aromatic carbocycles. The third-order valence-corrected chi connectivity index (χ3v) is 3.52. The van der Waals surface area contributed by atoms with E-state index >= 15 is 0 Å². The number of hydrogen-bond donors (Lipinski definition) is 2. The highest BCUT2D eigenvalue weighted by molar-refractivity contribution is 5.61. The second-order valence-electron chi connectivity index (χ2n) is 5.41. The molecular weight excluding hydrogens is 258 g/mol. The third kappa shape index (κ3) is 4.03. The first-order valence-corrected chi connectivity index (χ1v) is 6.82. The summed E-state index contributed by atoms with van der Waals surface area (Å²) in [6, 6.07) is 7.95. The number of benzene rings is 1. The first kappa shape index (κ1) is 15.0. The monoisotopic (exact) mass is 279 g/mol. The molecule has 0 amide bonds. The van der Waals surface area contributed by atoms with E-state index in [4.69, 9.17) is 4.74 Å². The first-order chi connectivity index (χ1) is 9.50. The summed E-state index contributed by atoms with van der Waals surface area (Å²) in [5.74, 6) is 0. The van der Waals surface area contributed by atoms with Gasteiger partial charge >= 0.3 is 0 Å². The van der Waals surface area contributed by atoms with Gasteiger partial charge in [0.25, 0.3) is 0 Å². The van der Waals surface area contributed by atoms with Crippen LogP contribution < -0.4 is 4.90 Å². The van der Waals surface area contributed by atoms with Crippen LogP contribution in [-0.2, 0) is 16.0 Å². The van der Waals surface area contributed by atoms with Crippen LogP contribution in [0.15, 0.2) is 24.3 Å². The lowest BCUT2D eigenvalue weighted by molar-refractivity contribution is -0.122. The Labute approximate surface area is 118 Å². The Morgan fingerprint density at radius 3 is 2.75 bits per heavy atom. The van der Waals surface area contributed by atoms with Gasteiger partial charge in [0.05, 0.1) is 13.2 Å². The van der Waals surface area contributed by atoms with E-state index in [0.717, 1.165) is 17.8 Å². The standard InChI is InChI=1S/C15H21NO4/c1-15(19,11-17)7-6-12-2-4-13(5-3-12)16-8-9-20-14(18)10-16/h2-5,11,14,18-19H,6-10H2,1H3. The molecule has 1 saturated heterocycles. The number of carbonyl (C=O) groups excluding carboxylic acids is 1. The number of aldehydes is 1. The van der Waals surface area contributed by atoms with Gasteiger partial charge in [-0.25, -0.2) is 0 Å². The number of nitrogens with zero attached hydrogens (tertiary/aromatic N) is 1. The molecule has 0 aromatic heterocycles. The summed E-state index contributed by atoms with van der Waals surface area (Å²) in [6.07, 6.45) is 0.909. The van der Waals surface area contributed by atoms with E-state index in [1.165, 1.54) is 6.92 Å². The van der Waals surface area contributed by atoms with Crippen LogP contribution >= 0.6 is 0 Å². The predicted molar refractivity (Wildman–Crippen MR) is 75.6 cm³/mol. The predicted octanol–water partition coefficient (Wildman–Crippen LogP) is 0.724. The molecule has 5 heteroatoms. The van der Waals surface area contributed by atoms with Gasteiger partial charge in [0.2, 0.25) is 0 Å². The van der Waals surface area contributed by atoms with Crippen molar-refractivity contribution < 1.29 is 19.7 Å². The maximum absolute atomic E-state index is 10.6. The van der Waals surface area contributed by atoms with E-state index in [2.05, 4.69) is 4.90 Å². The molecule has 0 bridgehead atoms. The number of aliphatic hydroxyl groups is 2. The molecule has 1 heterocycles. The van der Waals surface area contributed by atoms with E-state index in [1.807, 2.05) is 24.3 Å². The Kier molecular flexibility index (Phi) is 4.75. The smallest absolute Gasteiger partial charge is 0.172 e. The van der Waals surface area contributed by atoms with E-state index in [9.17, 15) is 15.0 Å². The summed E-state index contributed by atoms with van der Waals surface area (Å²) in [4.78, 5) is 12.7. The topological polar surface area (TPSA) is 70.0 Å². The van der Waals surface area contributed by atoms with Gasteiger partial charge in [-0.1, -0.05) is 12.1 Å². The molecule has 0 saturated carbocycles. The Morgan fingerprint density at radius 1 is 1.45 bits per heavy atom. The fourth-order valence-electron chi connectivity index (χ4n) is 2.20. The number of aliphatic hydroxyl groups excluding tert-OH is 1. The number of β-amino-alcohol motifs (C(OH)–C–C–N with tert-alkyl or cyclic N) is 1. The lowest BCUT2D eigenvalue weighted by atomic mass is 9.98. The van der Waals surface area contributed by atoms with Crippen molar-refractivity contribution in [1.82, 2.24) is 0 Å². The Bertz CT molecular complexity index is 444. The van der Waals surface area contributed by atoms with Crippen LogP contribution in [0.25, 0.3) is 0 Å². The third-order valence-electron chi connectivity index (χ3n) is 3.52. The normalized spacial score (nSPS) is 22.4. The summed E-state index contributed by atoms with van der Waals surface area (Å²) >= 11 is 0. The van der Waals surface area contributed by atoms with Crippen LogP contribution in [0, 0.1) is 0 Å². The Balaban J connectivity index is 1.94. The van der Waals surface area contributed by atoms with E-state index < -0.39 is 11.9 Å². The maximum atomic E-state index is 10.6. The molecule has 2 rings (SSSR count). The molecule has 0 aliphatic carbocycles. The number of hydrogen-bond acceptors (Lipinski definition) is 5. The lowest BCUT2D eigenvalue weighted by Gasteiger charge is -2.32. The fraction of sp³-hybridized carbons (Fsp3) is 0.533. The summed E-state index contributed by atoms with van der Waals surface area (Å²) in [5.41, 5.74) is 0.857. The van der Waals surface area contributed by atoms with E-state index in [0.29, 0.717) is 32.3 Å². The molecule has 1 fully saturated rings. The van der Waals surface area contributed by atoms with Crippen LogP contribution in [-0.4, -0.2) is 48.1 Å². The summed E-state index contributed by atoms with van der Waals surface area (Å²) < 4.78 is 5.09. The van der Waals surface area contributed by atoms with Crippen molar-refractivity contribution in [2.75, 3.05) is 24.6 Å². The summed E-state index contributed by atoms with van der Waals surface area (Å²) in [6.45, 7) is 3.27. The van der Waals surface area contributed by atoms with Crippen LogP contribution in [0.1, 0.15) is 18.9 Å². The minimum absolute atomic E-state index is 0.409. The Morgan fingerprint density at radius 2 is 2.15 bits per heavy atom. The van der Waals surface area contributed by atoms with Crippen molar-refractivity contribution in [2.24, 2.45) is 0 Å². The van der Waals surface area contributed by atoms with Crippen LogP contribution in [0.5, 0.6) is 0 Å². The number of anilines is 1. The van der Waals surface area contributed by atoms with Crippen molar-refractivity contribution in [3.8, 4) is 0 Å². The zero-order valence-electron chi connectivity index (χ0n) is 11.7. The highest BCUT2D eigenvalue weighted by Gasteiger charge is 2.19. The number of ether oxygens (including phenoxy) is 1. The quantitative estimate of drug-likeness (QED) is 0.777. The number of morpholine rings is 1. The molecule has 110 valence electrons. The lowest BCUT2D eigenvalue weighted by Crippen LogP contribution is -2.42. The van der Waals surface area contributed by atoms with Crippen molar-refractivity contribution in [3.63, 3.8) is 0 Å². The molecule has 0 radical (unpaired) electrons. The summed E-state index contributed by atoms with van der Waals surface area (Å²) in [5, 5.41) is 19.1. The van der Waals surface area contributed by atoms with Crippen LogP contribution in [0.2, 0.25) is 0 Å². The van der Waals surface area contributed by atoms with Gasteiger partial charge in [0.15, 0.2) is 12.6 Å². The number of carbonyl (C=O) groups is 1. The van der Waals surface area contributed by atoms with Gasteiger partial charge in [-0.15, -0.1) is 0 Å². The van der Waals surface area contributed by atoms with Crippen LogP contribution in [0.3, 0.4) is 0 Å². The van der Waals surface area contributed by atoms with Crippen molar-refractivity contribution in [1.29, 1.82) is 0 Å². The molecule has 1 aromatic rings. The van der Waals surface area contributed by atoms with Crippen molar-refractivity contribution >= 4 is 12.0 Å². The van der Waals surface area contributed by atoms with E-state index in [-0.39, 0.29) is 0 Å². The highest BCUT2D eigenvalue weighted by atomic mass is 16.6. The molecule has 5 nitrogen and oxygen atoms in total. The highest BCUT2D eigenvalue weighted by Crippen LogP contribution is 2.19. The second kappa shape index (κ2) is 6.35. The van der Waals surface area contributed by atoms with Gasteiger partial charge in [-0.3, -0.25) is 0 Å². The van der Waals surface area contributed by atoms with Crippen molar-refractivity contribution in [3.05, 3.63) is 29.8 Å². The minimum atomic E-state index is -1.26. The summed E-state index contributed by atoms with van der Waals surface area (Å²) in [7, 11) is 0. The van der Waals surface area contributed by atoms with Crippen LogP contribution in [0.4, 0.5) is 5.69 Å². The molecule has 2 N–H and O–H groups in total. The molecule has 0 spiro atoms. The zero-order chi connectivity index (χ0) is 14.6. The molecule has 2 atom stereocenters. The fourth-order valence-corrected chi connectivity index (χ4v) is 2.20. The van der Waals surface area contributed by atoms with Gasteiger partial charge in [0, 0.05) is 12.2 Å². The first-order valence-electron chi connectivity index (χ1n) is 6.82. The maximum Gasteiger partial charge on any atom is 0.172 e. The molecule has 2 unspecified atom stereocenters. The van der Waals surface area contributed by atoms with Gasteiger partial charge < -0.3 is 24.6 Å². The number of aryl methyl sites for hydroxylation is 1. The van der Waals surface area contributed by atoms with Crippen molar-refractivity contribution in [2.45, 2.75) is 31.7 Å². The largest absolute Gasteiger partial charge is 0.383 e. The second-order valence-corrected chi connectivity index (χ2v) is 5.41. The average molecular weight is 279 g/mol.